The maximum atomic E-state index is 5.45. The molecule has 12 heavy (non-hydrogen) atoms. The zero-order valence-electron chi connectivity index (χ0n) is 8.40. The summed E-state index contributed by atoms with van der Waals surface area (Å²) in [6.45, 7) is 6.63. The maximum absolute atomic E-state index is 5.45. The van der Waals surface area contributed by atoms with E-state index in [9.17, 15) is 0 Å². The number of unbranched alkanes of at least 4 members (excludes halogenated alkanes) is 1. The molecular weight excluding hydrogens is 148 g/mol. The van der Waals surface area contributed by atoms with Crippen LogP contribution in [0, 0.1) is 5.92 Å². The standard InChI is InChI=1S/C10H22N2/c1-10(2)7-9(8-12-10)5-3-4-6-11/h9,12H,3-8,11H2,1-2H3. The average Bonchev–Trinajstić information content (AvgIpc) is 2.31. The van der Waals surface area contributed by atoms with Gasteiger partial charge in [-0.05, 0) is 52.1 Å². The van der Waals surface area contributed by atoms with E-state index in [1.54, 1.807) is 0 Å². The van der Waals surface area contributed by atoms with Crippen LogP contribution in [0.2, 0.25) is 0 Å². The smallest absolute Gasteiger partial charge is 0.0128 e. The summed E-state index contributed by atoms with van der Waals surface area (Å²) in [7, 11) is 0. The first-order valence-electron chi connectivity index (χ1n) is 5.09. The van der Waals surface area contributed by atoms with Crippen molar-refractivity contribution < 1.29 is 0 Å². The lowest BCUT2D eigenvalue weighted by atomic mass is 9.93. The third-order valence-electron chi connectivity index (χ3n) is 2.73. The van der Waals surface area contributed by atoms with Gasteiger partial charge in [-0.25, -0.2) is 0 Å². The number of hydrogen-bond donors (Lipinski definition) is 2. The molecule has 1 heterocycles. The zero-order chi connectivity index (χ0) is 9.03. The lowest BCUT2D eigenvalue weighted by Gasteiger charge is -2.17. The molecule has 72 valence electrons. The second-order valence-corrected chi connectivity index (χ2v) is 4.62. The van der Waals surface area contributed by atoms with E-state index in [-0.39, 0.29) is 0 Å². The fourth-order valence-electron chi connectivity index (χ4n) is 2.07. The second-order valence-electron chi connectivity index (χ2n) is 4.62. The van der Waals surface area contributed by atoms with Crippen molar-refractivity contribution in [2.24, 2.45) is 11.7 Å². The van der Waals surface area contributed by atoms with Crippen molar-refractivity contribution in [3.8, 4) is 0 Å². The number of nitrogens with two attached hydrogens (primary N) is 1. The van der Waals surface area contributed by atoms with Gasteiger partial charge >= 0.3 is 0 Å². The Bertz CT molecular complexity index is 132. The SMILES string of the molecule is CC1(C)CC(CCCCN)CN1. The molecule has 0 bridgehead atoms. The summed E-state index contributed by atoms with van der Waals surface area (Å²) < 4.78 is 0. The van der Waals surface area contributed by atoms with E-state index in [1.165, 1.54) is 32.2 Å². The summed E-state index contributed by atoms with van der Waals surface area (Å²) in [6, 6.07) is 0. The molecule has 0 aromatic carbocycles. The quantitative estimate of drug-likeness (QED) is 0.628. The van der Waals surface area contributed by atoms with Gasteiger partial charge in [0.15, 0.2) is 0 Å². The van der Waals surface area contributed by atoms with Crippen molar-refractivity contribution in [2.45, 2.75) is 45.1 Å². The third kappa shape index (κ3) is 3.11. The van der Waals surface area contributed by atoms with Gasteiger partial charge in [-0.2, -0.15) is 0 Å². The summed E-state index contributed by atoms with van der Waals surface area (Å²) in [4.78, 5) is 0. The molecule has 1 fully saturated rings. The van der Waals surface area contributed by atoms with Crippen LogP contribution in [0.5, 0.6) is 0 Å². The Kier molecular flexibility index (Phi) is 3.53. The largest absolute Gasteiger partial charge is 0.330 e. The highest BCUT2D eigenvalue weighted by Gasteiger charge is 2.29. The number of hydrogen-bond acceptors (Lipinski definition) is 2. The van der Waals surface area contributed by atoms with Crippen molar-refractivity contribution in [1.29, 1.82) is 0 Å². The molecule has 1 aliphatic rings. The van der Waals surface area contributed by atoms with Crippen LogP contribution in [-0.2, 0) is 0 Å². The van der Waals surface area contributed by atoms with E-state index in [1.807, 2.05) is 0 Å². The van der Waals surface area contributed by atoms with Crippen LogP contribution in [0.4, 0.5) is 0 Å². The summed E-state index contributed by atoms with van der Waals surface area (Å²) in [5, 5.41) is 3.54. The van der Waals surface area contributed by atoms with E-state index in [4.69, 9.17) is 5.73 Å². The molecule has 0 aliphatic carbocycles. The first-order valence-corrected chi connectivity index (χ1v) is 5.09. The van der Waals surface area contributed by atoms with Gasteiger partial charge in [-0.15, -0.1) is 0 Å². The lowest BCUT2D eigenvalue weighted by molar-refractivity contribution is 0.426. The summed E-state index contributed by atoms with van der Waals surface area (Å²) in [5.41, 5.74) is 5.83. The van der Waals surface area contributed by atoms with Gasteiger partial charge in [0, 0.05) is 5.54 Å². The first-order chi connectivity index (χ1) is 5.64. The molecule has 1 saturated heterocycles. The van der Waals surface area contributed by atoms with Crippen molar-refractivity contribution in [2.75, 3.05) is 13.1 Å². The lowest BCUT2D eigenvalue weighted by Crippen LogP contribution is -2.31. The van der Waals surface area contributed by atoms with Crippen molar-refractivity contribution in [3.63, 3.8) is 0 Å². The maximum Gasteiger partial charge on any atom is 0.0128 e. The van der Waals surface area contributed by atoms with Gasteiger partial charge in [0.25, 0.3) is 0 Å². The molecule has 0 saturated carbocycles. The van der Waals surface area contributed by atoms with Gasteiger partial charge < -0.3 is 11.1 Å². The Morgan fingerprint density at radius 3 is 2.67 bits per heavy atom. The van der Waals surface area contributed by atoms with Crippen LogP contribution < -0.4 is 11.1 Å². The molecule has 0 radical (unpaired) electrons. The highest BCUT2D eigenvalue weighted by atomic mass is 15.0. The van der Waals surface area contributed by atoms with Gasteiger partial charge in [0.05, 0.1) is 0 Å². The minimum atomic E-state index is 0.382. The Labute approximate surface area is 75.9 Å². The molecule has 0 spiro atoms. The van der Waals surface area contributed by atoms with Gasteiger partial charge in [0.1, 0.15) is 0 Å². The minimum Gasteiger partial charge on any atom is -0.330 e. The number of nitrogens with one attached hydrogen (secondary N) is 1. The van der Waals surface area contributed by atoms with Gasteiger partial charge in [0.2, 0.25) is 0 Å². The highest BCUT2D eigenvalue weighted by Crippen LogP contribution is 2.26. The Morgan fingerprint density at radius 2 is 2.17 bits per heavy atom. The Hall–Kier alpha value is -0.0800. The molecule has 3 N–H and O–H groups in total. The predicted molar refractivity (Wildman–Crippen MR) is 53.1 cm³/mol. The van der Waals surface area contributed by atoms with Crippen LogP contribution in [0.25, 0.3) is 0 Å². The fourth-order valence-corrected chi connectivity index (χ4v) is 2.07. The van der Waals surface area contributed by atoms with E-state index in [2.05, 4.69) is 19.2 Å². The summed E-state index contributed by atoms with van der Waals surface area (Å²) in [5.74, 6) is 0.895. The summed E-state index contributed by atoms with van der Waals surface area (Å²) in [6.07, 6.45) is 5.18. The van der Waals surface area contributed by atoms with Gasteiger partial charge in [-0.3, -0.25) is 0 Å². The molecule has 2 nitrogen and oxygen atoms in total. The van der Waals surface area contributed by atoms with E-state index >= 15 is 0 Å². The highest BCUT2D eigenvalue weighted by molar-refractivity contribution is 4.88. The molecule has 0 aromatic rings. The zero-order valence-corrected chi connectivity index (χ0v) is 8.40. The molecule has 1 aliphatic heterocycles. The first kappa shape index (κ1) is 10.0. The number of rotatable bonds is 4. The molecule has 2 heteroatoms. The Morgan fingerprint density at radius 1 is 1.42 bits per heavy atom. The van der Waals surface area contributed by atoms with E-state index in [0.717, 1.165) is 12.5 Å². The molecule has 0 aromatic heterocycles. The monoisotopic (exact) mass is 170 g/mol. The van der Waals surface area contributed by atoms with E-state index < -0.39 is 0 Å². The van der Waals surface area contributed by atoms with Crippen LogP contribution in [0.3, 0.4) is 0 Å². The molecular formula is C10H22N2. The fraction of sp³-hybridized carbons (Fsp3) is 1.00. The van der Waals surface area contributed by atoms with Gasteiger partial charge in [-0.1, -0.05) is 6.42 Å². The summed E-state index contributed by atoms with van der Waals surface area (Å²) >= 11 is 0. The third-order valence-corrected chi connectivity index (χ3v) is 2.73. The second kappa shape index (κ2) is 4.24. The topological polar surface area (TPSA) is 38.0 Å². The Balaban J connectivity index is 2.11. The van der Waals surface area contributed by atoms with Crippen LogP contribution in [0.15, 0.2) is 0 Å². The van der Waals surface area contributed by atoms with Crippen LogP contribution >= 0.6 is 0 Å². The molecule has 1 atom stereocenters. The van der Waals surface area contributed by atoms with Crippen molar-refractivity contribution >= 4 is 0 Å². The molecule has 0 amide bonds. The van der Waals surface area contributed by atoms with Crippen molar-refractivity contribution in [3.05, 3.63) is 0 Å². The van der Waals surface area contributed by atoms with Crippen LogP contribution in [-0.4, -0.2) is 18.6 Å². The predicted octanol–water partition coefficient (Wildman–Crippen LogP) is 1.50. The molecule has 1 rings (SSSR count). The average molecular weight is 170 g/mol. The van der Waals surface area contributed by atoms with Crippen LogP contribution in [0.1, 0.15) is 39.5 Å². The van der Waals surface area contributed by atoms with E-state index in [0.29, 0.717) is 5.54 Å². The normalized spacial score (nSPS) is 27.8. The van der Waals surface area contributed by atoms with Crippen molar-refractivity contribution in [1.82, 2.24) is 5.32 Å². The molecule has 1 unspecified atom stereocenters. The minimum absolute atomic E-state index is 0.382.